The van der Waals surface area contributed by atoms with Crippen molar-refractivity contribution >= 4 is 17.5 Å². The molecule has 1 aliphatic heterocycles. The zero-order chi connectivity index (χ0) is 27.1. The van der Waals surface area contributed by atoms with E-state index in [2.05, 4.69) is 17.6 Å². The fraction of sp³-hybridized carbons (Fsp3) is 0.333. The lowest BCUT2D eigenvalue weighted by molar-refractivity contribution is 0.0281. The molecule has 0 spiro atoms. The van der Waals surface area contributed by atoms with Crippen LogP contribution in [-0.4, -0.2) is 62.7 Å². The lowest BCUT2D eigenvalue weighted by Gasteiger charge is -2.30. The first-order valence-electron chi connectivity index (χ1n) is 12.8. The van der Waals surface area contributed by atoms with Gasteiger partial charge in [-0.25, -0.2) is 0 Å². The van der Waals surface area contributed by atoms with Gasteiger partial charge in [0.1, 0.15) is 23.9 Å². The molecule has 2 N–H and O–H groups in total. The van der Waals surface area contributed by atoms with Gasteiger partial charge in [-0.05, 0) is 61.4 Å². The number of ether oxygens (including phenoxy) is 3. The van der Waals surface area contributed by atoms with Gasteiger partial charge in [-0.3, -0.25) is 9.59 Å². The fourth-order valence-electron chi connectivity index (χ4n) is 4.27. The molecule has 1 heterocycles. The highest BCUT2D eigenvalue weighted by Crippen LogP contribution is 2.27. The third-order valence-corrected chi connectivity index (χ3v) is 6.56. The van der Waals surface area contributed by atoms with Crippen LogP contribution in [0.15, 0.2) is 72.8 Å². The van der Waals surface area contributed by atoms with Crippen LogP contribution in [0.4, 0.5) is 5.69 Å². The molecule has 0 radical (unpaired) electrons. The summed E-state index contributed by atoms with van der Waals surface area (Å²) in [5.41, 5.74) is 1.30. The Hall–Kier alpha value is -3.88. The molecule has 4 rings (SSSR count). The maximum atomic E-state index is 13.5. The van der Waals surface area contributed by atoms with E-state index in [1.54, 1.807) is 61.5 Å². The molecule has 0 saturated carbocycles. The van der Waals surface area contributed by atoms with Gasteiger partial charge in [-0.1, -0.05) is 31.2 Å². The summed E-state index contributed by atoms with van der Waals surface area (Å²) in [6.45, 7) is 5.71. The Morgan fingerprint density at radius 2 is 1.79 bits per heavy atom. The number of hydrogen-bond donors (Lipinski definition) is 2. The Morgan fingerprint density at radius 1 is 1.03 bits per heavy atom. The topological polar surface area (TPSA) is 89.1 Å². The molecule has 3 aromatic carbocycles. The molecule has 200 valence electrons. The summed E-state index contributed by atoms with van der Waals surface area (Å²) in [6, 6.07) is 21.5. The number of carbonyl (C=O) groups is 2. The number of nitrogens with zero attached hydrogens (tertiary/aromatic N) is 1. The van der Waals surface area contributed by atoms with E-state index in [0.717, 1.165) is 6.54 Å². The molecule has 0 saturated heterocycles. The number of benzene rings is 3. The number of anilines is 1. The van der Waals surface area contributed by atoms with E-state index in [1.807, 2.05) is 37.3 Å². The number of amides is 2. The van der Waals surface area contributed by atoms with Crippen molar-refractivity contribution in [3.05, 3.63) is 83.9 Å². The van der Waals surface area contributed by atoms with Crippen LogP contribution >= 0.6 is 0 Å². The van der Waals surface area contributed by atoms with Crippen molar-refractivity contribution in [2.45, 2.75) is 26.0 Å². The Balaban J connectivity index is 1.55. The van der Waals surface area contributed by atoms with Crippen molar-refractivity contribution < 1.29 is 23.8 Å². The highest BCUT2D eigenvalue weighted by molar-refractivity contribution is 6.05. The Labute approximate surface area is 223 Å². The molecule has 0 aliphatic carbocycles. The average Bonchev–Trinajstić information content (AvgIpc) is 2.93. The maximum Gasteiger partial charge on any atom is 0.257 e. The Morgan fingerprint density at radius 3 is 2.55 bits per heavy atom. The van der Waals surface area contributed by atoms with Gasteiger partial charge >= 0.3 is 0 Å². The van der Waals surface area contributed by atoms with Crippen molar-refractivity contribution in [2.24, 2.45) is 5.92 Å². The number of rotatable bonds is 5. The quantitative estimate of drug-likeness (QED) is 0.504. The van der Waals surface area contributed by atoms with E-state index in [-0.39, 0.29) is 29.9 Å². The number of methoxy groups -OCH3 is 1. The number of hydrogen-bond acceptors (Lipinski definition) is 6. The van der Waals surface area contributed by atoms with Gasteiger partial charge in [-0.15, -0.1) is 0 Å². The lowest BCUT2D eigenvalue weighted by Crippen LogP contribution is -2.44. The summed E-state index contributed by atoms with van der Waals surface area (Å²) < 4.78 is 17.6. The van der Waals surface area contributed by atoms with E-state index < -0.39 is 0 Å². The van der Waals surface area contributed by atoms with Crippen molar-refractivity contribution in [1.82, 2.24) is 10.2 Å². The van der Waals surface area contributed by atoms with Gasteiger partial charge in [0.05, 0.1) is 11.7 Å². The molecule has 3 atom stereocenters. The third kappa shape index (κ3) is 6.90. The van der Waals surface area contributed by atoms with Crippen LogP contribution in [0.2, 0.25) is 0 Å². The maximum absolute atomic E-state index is 13.5. The summed E-state index contributed by atoms with van der Waals surface area (Å²) >= 11 is 0. The highest BCUT2D eigenvalue weighted by Gasteiger charge is 2.25. The van der Waals surface area contributed by atoms with Crippen LogP contribution in [0.25, 0.3) is 0 Å². The Kier molecular flexibility index (Phi) is 8.99. The first-order valence-corrected chi connectivity index (χ1v) is 12.8. The minimum atomic E-state index is -0.315. The number of para-hydroxylation sites is 1. The first-order chi connectivity index (χ1) is 18.3. The normalized spacial score (nSPS) is 20.4. The zero-order valence-corrected chi connectivity index (χ0v) is 22.3. The summed E-state index contributed by atoms with van der Waals surface area (Å²) in [4.78, 5) is 28.2. The SMILES string of the molecule is CO[C@@H]1CN(C)C(=O)c2cc(NC(=O)c3cccc(Oc4ccccc4)c3)ccc2OC[C@H](C)NC[C@H]1C. The minimum Gasteiger partial charge on any atom is -0.491 e. The summed E-state index contributed by atoms with van der Waals surface area (Å²) in [5, 5.41) is 6.37. The second-order valence-corrected chi connectivity index (χ2v) is 9.67. The Bertz CT molecular complexity index is 1250. The summed E-state index contributed by atoms with van der Waals surface area (Å²) in [7, 11) is 3.41. The molecule has 1 aliphatic rings. The molecule has 0 bridgehead atoms. The number of carbonyl (C=O) groups excluding carboxylic acids is 2. The molecular weight excluding hydrogens is 482 g/mol. The van der Waals surface area contributed by atoms with Gasteiger partial charge < -0.3 is 29.7 Å². The molecule has 0 unspecified atom stereocenters. The third-order valence-electron chi connectivity index (χ3n) is 6.56. The first kappa shape index (κ1) is 27.2. The number of nitrogens with one attached hydrogen (secondary N) is 2. The number of fused-ring (bicyclic) bond motifs is 1. The van der Waals surface area contributed by atoms with E-state index in [1.165, 1.54) is 0 Å². The second-order valence-electron chi connectivity index (χ2n) is 9.67. The van der Waals surface area contributed by atoms with Gasteiger partial charge in [0.2, 0.25) is 0 Å². The van der Waals surface area contributed by atoms with E-state index in [4.69, 9.17) is 14.2 Å². The van der Waals surface area contributed by atoms with E-state index in [9.17, 15) is 9.59 Å². The van der Waals surface area contributed by atoms with Gasteiger partial charge in [0.25, 0.3) is 11.8 Å². The van der Waals surface area contributed by atoms with Crippen LogP contribution in [0.1, 0.15) is 34.6 Å². The predicted molar refractivity (Wildman–Crippen MR) is 147 cm³/mol. The van der Waals surface area contributed by atoms with Crippen LogP contribution < -0.4 is 20.1 Å². The molecular formula is C30H35N3O5. The molecule has 0 aromatic heterocycles. The van der Waals surface area contributed by atoms with E-state index >= 15 is 0 Å². The summed E-state index contributed by atoms with van der Waals surface area (Å²) in [5.74, 6) is 1.38. The van der Waals surface area contributed by atoms with Crippen LogP contribution in [0, 0.1) is 5.92 Å². The van der Waals surface area contributed by atoms with Crippen molar-refractivity contribution in [3.8, 4) is 17.2 Å². The molecule has 8 nitrogen and oxygen atoms in total. The standard InChI is InChI=1S/C30H35N3O5/c1-20-17-31-21(2)19-37-27-14-13-23(16-26(27)30(35)33(3)18-28(20)36-4)32-29(34)22-9-8-12-25(15-22)38-24-10-6-5-7-11-24/h5-16,20-21,28,31H,17-19H2,1-4H3,(H,32,34)/t20-,21+,28-/m1/s1. The molecule has 8 heteroatoms. The molecule has 38 heavy (non-hydrogen) atoms. The van der Waals surface area contributed by atoms with Crippen molar-refractivity contribution in [1.29, 1.82) is 0 Å². The lowest BCUT2D eigenvalue weighted by atomic mass is 10.0. The van der Waals surface area contributed by atoms with E-state index in [0.29, 0.717) is 47.2 Å². The minimum absolute atomic E-state index is 0.0832. The van der Waals surface area contributed by atoms with Crippen LogP contribution in [0.5, 0.6) is 17.2 Å². The van der Waals surface area contributed by atoms with Gasteiger partial charge in [0, 0.05) is 44.5 Å². The number of likely N-dealkylation sites (N-methyl/N-ethyl adjacent to an activating group) is 1. The monoisotopic (exact) mass is 517 g/mol. The summed E-state index contributed by atoms with van der Waals surface area (Å²) in [6.07, 6.45) is -0.124. The largest absolute Gasteiger partial charge is 0.491 e. The fourth-order valence-corrected chi connectivity index (χ4v) is 4.27. The molecule has 0 fully saturated rings. The predicted octanol–water partition coefficient (Wildman–Crippen LogP) is 4.82. The van der Waals surface area contributed by atoms with Crippen LogP contribution in [0.3, 0.4) is 0 Å². The van der Waals surface area contributed by atoms with Gasteiger partial charge in [-0.2, -0.15) is 0 Å². The van der Waals surface area contributed by atoms with Crippen molar-refractivity contribution in [3.63, 3.8) is 0 Å². The zero-order valence-electron chi connectivity index (χ0n) is 22.3. The average molecular weight is 518 g/mol. The second kappa shape index (κ2) is 12.6. The molecule has 3 aromatic rings. The van der Waals surface area contributed by atoms with Crippen molar-refractivity contribution in [2.75, 3.05) is 39.2 Å². The molecule has 2 amide bonds. The smallest absolute Gasteiger partial charge is 0.257 e. The van der Waals surface area contributed by atoms with Crippen LogP contribution in [-0.2, 0) is 4.74 Å². The van der Waals surface area contributed by atoms with Gasteiger partial charge in [0.15, 0.2) is 0 Å². The highest BCUT2D eigenvalue weighted by atomic mass is 16.5.